The fraction of sp³-hybridized carbons (Fsp3) is 0.639. The molecule has 4 atom stereocenters. The van der Waals surface area contributed by atoms with Crippen molar-refractivity contribution in [1.82, 2.24) is 30.6 Å². The second-order valence-corrected chi connectivity index (χ2v) is 14.8. The van der Waals surface area contributed by atoms with Gasteiger partial charge in [0.05, 0.1) is 18.7 Å². The molecule has 4 aliphatic rings. The topological polar surface area (TPSA) is 158 Å². The van der Waals surface area contributed by atoms with Crippen molar-refractivity contribution in [2.45, 2.75) is 108 Å². The molecule has 260 valence electrons. The van der Waals surface area contributed by atoms with Gasteiger partial charge in [-0.05, 0) is 72.8 Å². The van der Waals surface area contributed by atoms with Gasteiger partial charge >= 0.3 is 6.03 Å². The van der Waals surface area contributed by atoms with E-state index in [1.165, 1.54) is 4.68 Å². The third-order valence-corrected chi connectivity index (χ3v) is 11.3. The van der Waals surface area contributed by atoms with Crippen LogP contribution >= 0.6 is 0 Å². The molecule has 12 heteroatoms. The van der Waals surface area contributed by atoms with E-state index in [-0.39, 0.29) is 60.2 Å². The van der Waals surface area contributed by atoms with E-state index >= 15 is 0 Å². The maximum Gasteiger partial charge on any atom is 0.318 e. The number of carbonyl (C=O) groups excluding carboxylic acids is 4. The Morgan fingerprint density at radius 1 is 0.979 bits per heavy atom. The minimum Gasteiger partial charge on any atom is -0.394 e. The fourth-order valence-electron chi connectivity index (χ4n) is 8.39. The van der Waals surface area contributed by atoms with Gasteiger partial charge in [0.15, 0.2) is 0 Å². The lowest BCUT2D eigenvalue weighted by Gasteiger charge is -2.38. The number of nitrogens with zero attached hydrogens (tertiary/aromatic N) is 3. The van der Waals surface area contributed by atoms with E-state index < -0.39 is 11.6 Å². The molecule has 48 heavy (non-hydrogen) atoms. The van der Waals surface area contributed by atoms with Gasteiger partial charge in [0, 0.05) is 38.3 Å². The molecule has 1 aromatic heterocycles. The van der Waals surface area contributed by atoms with Gasteiger partial charge in [0.25, 0.3) is 5.91 Å². The average molecular weight is 662 g/mol. The molecule has 5 N–H and O–H groups in total. The number of carbonyl (C=O) groups is 4. The molecule has 12 nitrogen and oxygen atoms in total. The number of amides is 5. The molecule has 0 radical (unpaired) electrons. The Balaban J connectivity index is 1.24. The second-order valence-electron chi connectivity index (χ2n) is 14.8. The molecule has 0 spiro atoms. The number of aromatic nitrogens is 2. The first-order valence-electron chi connectivity index (χ1n) is 17.8. The van der Waals surface area contributed by atoms with Crippen molar-refractivity contribution in [3.05, 3.63) is 47.3 Å². The normalized spacial score (nSPS) is 24.3. The molecule has 5 amide bonds. The number of hydrogen-bond acceptors (Lipinski definition) is 6. The van der Waals surface area contributed by atoms with E-state index in [2.05, 4.69) is 40.2 Å². The lowest BCUT2D eigenvalue weighted by molar-refractivity contribution is -0.132. The largest absolute Gasteiger partial charge is 0.394 e. The van der Waals surface area contributed by atoms with Crippen molar-refractivity contribution in [3.8, 4) is 0 Å². The summed E-state index contributed by atoms with van der Waals surface area (Å²) < 4.78 is 1.49. The summed E-state index contributed by atoms with van der Waals surface area (Å²) in [6, 6.07) is 5.89. The number of aryl methyl sites for hydroxylation is 1. The fourth-order valence-corrected chi connectivity index (χ4v) is 8.39. The van der Waals surface area contributed by atoms with E-state index in [4.69, 9.17) is 0 Å². The Bertz CT molecular complexity index is 1510. The predicted octanol–water partition coefficient (Wildman–Crippen LogP) is 3.29. The number of aliphatic hydroxyl groups excluding tert-OH is 1. The monoisotopic (exact) mass is 661 g/mol. The number of aliphatic hydroxyl groups is 1. The Morgan fingerprint density at radius 2 is 1.67 bits per heavy atom. The summed E-state index contributed by atoms with van der Waals surface area (Å²) in [4.78, 5) is 56.6. The minimum absolute atomic E-state index is 0.0172. The molecule has 1 aromatic carbocycles. The van der Waals surface area contributed by atoms with Crippen molar-refractivity contribution >= 4 is 29.4 Å². The second kappa shape index (κ2) is 14.3. The lowest BCUT2D eigenvalue weighted by atomic mass is 9.83. The van der Waals surface area contributed by atoms with Crippen LogP contribution in [-0.2, 0) is 29.5 Å². The van der Waals surface area contributed by atoms with Crippen molar-refractivity contribution in [2.75, 3.05) is 18.5 Å². The van der Waals surface area contributed by atoms with Crippen LogP contribution in [0.3, 0.4) is 0 Å². The number of urea groups is 1. The van der Waals surface area contributed by atoms with Crippen LogP contribution in [0, 0.1) is 17.8 Å². The van der Waals surface area contributed by atoms with Crippen molar-refractivity contribution < 1.29 is 24.3 Å². The van der Waals surface area contributed by atoms with E-state index in [1.54, 1.807) is 24.2 Å². The predicted molar refractivity (Wildman–Crippen MR) is 181 cm³/mol. The van der Waals surface area contributed by atoms with Gasteiger partial charge in [-0.1, -0.05) is 52.0 Å². The SMILES string of the molecule is CC(C)[C@@H]1CN(C2(C(=O)NC(CO)C3CCCC3)Cc3ccc(NC(=O)[C@@H](NC(=O)c4ccnn4C)C4CCCCC4)cc3C2)C(=O)N1. The number of fused-ring (bicyclic) bond motifs is 1. The number of anilines is 1. The first-order chi connectivity index (χ1) is 23.1. The van der Waals surface area contributed by atoms with Crippen LogP contribution in [0.2, 0.25) is 0 Å². The van der Waals surface area contributed by atoms with Gasteiger partial charge in [-0.2, -0.15) is 5.10 Å². The zero-order chi connectivity index (χ0) is 34.0. The third-order valence-electron chi connectivity index (χ3n) is 11.3. The third kappa shape index (κ3) is 6.81. The van der Waals surface area contributed by atoms with Gasteiger partial charge < -0.3 is 31.3 Å². The molecule has 1 saturated heterocycles. The number of rotatable bonds is 11. The molecule has 0 bridgehead atoms. The first-order valence-corrected chi connectivity index (χ1v) is 17.8. The van der Waals surface area contributed by atoms with Gasteiger partial charge in [-0.15, -0.1) is 0 Å². The molecule has 3 aliphatic carbocycles. The van der Waals surface area contributed by atoms with E-state index in [9.17, 15) is 24.3 Å². The molecule has 2 heterocycles. The molecule has 3 fully saturated rings. The number of hydrogen-bond donors (Lipinski definition) is 5. The zero-order valence-electron chi connectivity index (χ0n) is 28.5. The highest BCUT2D eigenvalue weighted by Crippen LogP contribution is 2.39. The smallest absolute Gasteiger partial charge is 0.318 e. The lowest BCUT2D eigenvalue weighted by Crippen LogP contribution is -2.63. The van der Waals surface area contributed by atoms with E-state index in [0.29, 0.717) is 30.8 Å². The van der Waals surface area contributed by atoms with Crippen LogP contribution in [0.1, 0.15) is 93.3 Å². The highest BCUT2D eigenvalue weighted by atomic mass is 16.3. The maximum atomic E-state index is 14.4. The van der Waals surface area contributed by atoms with Gasteiger partial charge in [-0.25, -0.2) is 4.79 Å². The Hall–Kier alpha value is -3.93. The van der Waals surface area contributed by atoms with Crippen LogP contribution < -0.4 is 21.3 Å². The minimum atomic E-state index is -1.16. The summed E-state index contributed by atoms with van der Waals surface area (Å²) in [7, 11) is 1.70. The molecule has 6 rings (SSSR count). The molecule has 2 aromatic rings. The highest BCUT2D eigenvalue weighted by molar-refractivity contribution is 6.01. The van der Waals surface area contributed by atoms with Crippen LogP contribution in [-0.4, -0.2) is 80.4 Å². The van der Waals surface area contributed by atoms with Gasteiger partial charge in [-0.3, -0.25) is 19.1 Å². The van der Waals surface area contributed by atoms with Crippen LogP contribution in [0.5, 0.6) is 0 Å². The highest BCUT2D eigenvalue weighted by Gasteiger charge is 2.54. The van der Waals surface area contributed by atoms with Gasteiger partial charge in [0.1, 0.15) is 17.3 Å². The van der Waals surface area contributed by atoms with Crippen molar-refractivity contribution in [2.24, 2.45) is 24.8 Å². The Morgan fingerprint density at radius 3 is 2.31 bits per heavy atom. The van der Waals surface area contributed by atoms with E-state index in [1.807, 2.05) is 18.2 Å². The average Bonchev–Trinajstić information content (AvgIpc) is 3.89. The summed E-state index contributed by atoms with van der Waals surface area (Å²) in [5.41, 5.74) is 1.64. The number of benzene rings is 1. The molecule has 2 saturated carbocycles. The first kappa shape index (κ1) is 34.0. The number of nitrogens with one attached hydrogen (secondary N) is 4. The molecule has 2 unspecified atom stereocenters. The standard InChI is InChI=1S/C36H51N7O5/c1-22(2)28-20-43(35(48)40-28)36(34(47)39-29(21-44)23-9-7-8-10-23)18-25-13-14-27(17-26(25)19-36)38-33(46)31(24-11-5-4-6-12-24)41-32(45)30-15-16-37-42(30)3/h13-17,22-24,28-29,31,44H,4-12,18-21H2,1-3H3,(H,38,46)(H,39,47)(H,40,48)(H,41,45)/t28-,29?,31-,36?/m0/s1. The Kier molecular flexibility index (Phi) is 10.1. The van der Waals surface area contributed by atoms with Crippen LogP contribution in [0.15, 0.2) is 30.5 Å². The van der Waals surface area contributed by atoms with Gasteiger partial charge in [0.2, 0.25) is 11.8 Å². The summed E-state index contributed by atoms with van der Waals surface area (Å²) >= 11 is 0. The van der Waals surface area contributed by atoms with Crippen molar-refractivity contribution in [1.29, 1.82) is 0 Å². The van der Waals surface area contributed by atoms with Crippen LogP contribution in [0.4, 0.5) is 10.5 Å². The zero-order valence-corrected chi connectivity index (χ0v) is 28.5. The summed E-state index contributed by atoms with van der Waals surface area (Å²) in [6.07, 6.45) is 11.2. The summed E-state index contributed by atoms with van der Waals surface area (Å²) in [5, 5.41) is 26.7. The molecule has 1 aliphatic heterocycles. The quantitative estimate of drug-likeness (QED) is 0.249. The molecular formula is C36H51N7O5. The van der Waals surface area contributed by atoms with Crippen LogP contribution in [0.25, 0.3) is 0 Å². The van der Waals surface area contributed by atoms with Crippen molar-refractivity contribution in [3.63, 3.8) is 0 Å². The Labute approximate surface area is 282 Å². The summed E-state index contributed by atoms with van der Waals surface area (Å²) in [6.45, 7) is 4.38. The van der Waals surface area contributed by atoms with E-state index in [0.717, 1.165) is 68.9 Å². The summed E-state index contributed by atoms with van der Waals surface area (Å²) in [5.74, 6) is -0.432. The maximum absolute atomic E-state index is 14.4. The molecular weight excluding hydrogens is 610 g/mol.